The van der Waals surface area contributed by atoms with E-state index in [0.29, 0.717) is 22.5 Å². The van der Waals surface area contributed by atoms with Crippen LogP contribution in [0.4, 0.5) is 5.82 Å². The third-order valence-electron chi connectivity index (χ3n) is 9.61. The second-order valence-corrected chi connectivity index (χ2v) is 13.6. The molecule has 2 aliphatic heterocycles. The molecule has 8 rings (SSSR count). The van der Waals surface area contributed by atoms with Crippen LogP contribution in [0, 0.1) is 0 Å². The topological polar surface area (TPSA) is 130 Å². The molecule has 2 N–H and O–H groups in total. The fourth-order valence-corrected chi connectivity index (χ4v) is 8.63. The van der Waals surface area contributed by atoms with Crippen molar-refractivity contribution in [1.29, 1.82) is 0 Å². The van der Waals surface area contributed by atoms with Crippen LogP contribution in [0.2, 0.25) is 0 Å². The number of aliphatic hydroxyl groups excluding tert-OH is 1. The van der Waals surface area contributed by atoms with Crippen molar-refractivity contribution in [3.63, 3.8) is 0 Å². The van der Waals surface area contributed by atoms with Gasteiger partial charge in [-0.05, 0) is 53.1 Å². The molecule has 1 unspecified atom stereocenters. The van der Waals surface area contributed by atoms with E-state index < -0.39 is 28.8 Å². The second-order valence-electron chi connectivity index (χ2n) is 12.5. The number of aromatic nitrogens is 4. The van der Waals surface area contributed by atoms with E-state index in [1.807, 2.05) is 48.5 Å². The summed E-state index contributed by atoms with van der Waals surface area (Å²) in [5.74, 6) is 1.85. The number of carbonyl (C=O) groups excluding carboxylic acids is 1. The number of carbonyl (C=O) groups is 1. The summed E-state index contributed by atoms with van der Waals surface area (Å²) in [7, 11) is 3.30. The number of benzene rings is 4. The molecule has 0 spiro atoms. The monoisotopic (exact) mass is 701 g/mol. The van der Waals surface area contributed by atoms with E-state index in [1.165, 1.54) is 6.33 Å². The van der Waals surface area contributed by atoms with Gasteiger partial charge in [-0.3, -0.25) is 9.36 Å². The lowest BCUT2D eigenvalue weighted by Gasteiger charge is -2.39. The summed E-state index contributed by atoms with van der Waals surface area (Å²) in [6.07, 6.45) is 0.623. The van der Waals surface area contributed by atoms with Crippen molar-refractivity contribution in [1.82, 2.24) is 19.5 Å². The zero-order valence-electron chi connectivity index (χ0n) is 27.9. The Kier molecular flexibility index (Phi) is 8.68. The number of nitrogens with zero attached hydrogens (tertiary/aromatic N) is 4. The number of methoxy groups -OCH3 is 2. The summed E-state index contributed by atoms with van der Waals surface area (Å²) in [4.78, 5) is 26.3. The number of rotatable bonds is 11. The highest BCUT2D eigenvalue weighted by atomic mass is 32.2. The molecule has 2 saturated heterocycles. The van der Waals surface area contributed by atoms with Crippen LogP contribution >= 0.6 is 11.8 Å². The summed E-state index contributed by atoms with van der Waals surface area (Å²) in [5, 5.41) is 14.7. The minimum absolute atomic E-state index is 0.207. The van der Waals surface area contributed by atoms with E-state index in [0.717, 1.165) is 28.2 Å². The smallest absolute Gasteiger partial charge is 0.256 e. The Bertz CT molecular complexity index is 2100. The first-order valence-electron chi connectivity index (χ1n) is 16.5. The molecular weight excluding hydrogens is 667 g/mol. The standard InChI is InChI=1S/C39H35N5O6S/c1-47-29-17-13-27(14-18-29)39(26-11-7-4-8-12-26,28-15-19-30(48-2)20-16-28)51-22-38-21-49-32(33(38)45)37(50-38)44-24-42-31-34(40-23-41-35(31)44)43-36(46)25-9-5-3-6-10-25/h3-20,23-24,32-33,37,45H,21-22H2,1-2H3,(H,40,41,43,46)/t32?,33-,37-,38-/m1/s1. The van der Waals surface area contributed by atoms with E-state index in [-0.39, 0.29) is 18.3 Å². The predicted molar refractivity (Wildman–Crippen MR) is 193 cm³/mol. The Balaban J connectivity index is 1.14. The van der Waals surface area contributed by atoms with Gasteiger partial charge in [-0.2, -0.15) is 0 Å². The number of thioether (sulfide) groups is 1. The normalized spacial score (nSPS) is 21.1. The summed E-state index contributed by atoms with van der Waals surface area (Å²) in [6.45, 7) is 0.207. The van der Waals surface area contributed by atoms with Crippen molar-refractivity contribution in [2.24, 2.45) is 0 Å². The highest BCUT2D eigenvalue weighted by molar-refractivity contribution is 8.00. The highest BCUT2D eigenvalue weighted by Crippen LogP contribution is 2.54. The van der Waals surface area contributed by atoms with Gasteiger partial charge in [0, 0.05) is 11.3 Å². The van der Waals surface area contributed by atoms with E-state index >= 15 is 0 Å². The van der Waals surface area contributed by atoms with Crippen LogP contribution in [0.1, 0.15) is 33.3 Å². The molecule has 0 aliphatic carbocycles. The van der Waals surface area contributed by atoms with Gasteiger partial charge in [-0.15, -0.1) is 11.8 Å². The van der Waals surface area contributed by atoms with Crippen LogP contribution in [0.5, 0.6) is 11.5 Å². The maximum atomic E-state index is 12.9. The third-order valence-corrected chi connectivity index (χ3v) is 11.4. The quantitative estimate of drug-likeness (QED) is 0.159. The molecule has 258 valence electrons. The lowest BCUT2D eigenvalue weighted by atomic mass is 9.84. The number of aliphatic hydroxyl groups is 1. The Morgan fingerprint density at radius 2 is 1.49 bits per heavy atom. The molecule has 0 radical (unpaired) electrons. The number of amides is 1. The largest absolute Gasteiger partial charge is 0.497 e. The van der Waals surface area contributed by atoms with Gasteiger partial charge in [0.05, 0.1) is 31.9 Å². The summed E-state index contributed by atoms with van der Waals surface area (Å²) >= 11 is 1.67. The molecule has 4 aromatic carbocycles. The van der Waals surface area contributed by atoms with Crippen molar-refractivity contribution >= 4 is 34.7 Å². The molecule has 51 heavy (non-hydrogen) atoms. The summed E-state index contributed by atoms with van der Waals surface area (Å²) in [5.41, 5.74) is 3.40. The van der Waals surface area contributed by atoms with Crippen molar-refractivity contribution in [2.75, 3.05) is 31.9 Å². The van der Waals surface area contributed by atoms with Gasteiger partial charge >= 0.3 is 0 Å². The number of ether oxygens (including phenoxy) is 4. The number of hydrogen-bond acceptors (Lipinski definition) is 10. The van der Waals surface area contributed by atoms with Crippen molar-refractivity contribution in [2.45, 2.75) is 28.8 Å². The van der Waals surface area contributed by atoms with E-state index in [1.54, 1.807) is 61.1 Å². The Morgan fingerprint density at radius 1 is 0.882 bits per heavy atom. The van der Waals surface area contributed by atoms with Gasteiger partial charge in [0.15, 0.2) is 23.2 Å². The predicted octanol–water partition coefficient (Wildman–Crippen LogP) is 5.85. The maximum Gasteiger partial charge on any atom is 0.256 e. The SMILES string of the molecule is COc1ccc(C(SC[C@@]23COC([C@H](n4cnc5c(NC(=O)c6ccccc6)ncnc54)O2)[C@H]3O)(c2ccccc2)c2ccc(OC)cc2)cc1. The average molecular weight is 702 g/mol. The average Bonchev–Trinajstić information content (AvgIpc) is 3.85. The Morgan fingerprint density at radius 3 is 2.12 bits per heavy atom. The maximum absolute atomic E-state index is 12.9. The molecule has 4 atom stereocenters. The molecule has 6 aromatic rings. The second kappa shape index (κ2) is 13.5. The minimum atomic E-state index is -1.05. The zero-order chi connectivity index (χ0) is 35.0. The van der Waals surface area contributed by atoms with Crippen LogP contribution in [0.3, 0.4) is 0 Å². The van der Waals surface area contributed by atoms with Crippen molar-refractivity contribution in [3.05, 3.63) is 144 Å². The van der Waals surface area contributed by atoms with Crippen molar-refractivity contribution < 1.29 is 28.8 Å². The van der Waals surface area contributed by atoms with Crippen LogP contribution in [-0.4, -0.2) is 74.9 Å². The first kappa shape index (κ1) is 32.9. The lowest BCUT2D eigenvalue weighted by Crippen LogP contribution is -2.44. The van der Waals surface area contributed by atoms with Gasteiger partial charge < -0.3 is 29.4 Å². The fraction of sp³-hybridized carbons (Fsp3) is 0.231. The summed E-state index contributed by atoms with van der Waals surface area (Å²) < 4.78 is 25.1. The van der Waals surface area contributed by atoms with Gasteiger partial charge in [0.1, 0.15) is 35.6 Å². The highest BCUT2D eigenvalue weighted by Gasteiger charge is 2.62. The lowest BCUT2D eigenvalue weighted by molar-refractivity contribution is -0.162. The van der Waals surface area contributed by atoms with Gasteiger partial charge in [0.25, 0.3) is 5.91 Å². The number of imidazole rings is 1. The van der Waals surface area contributed by atoms with E-state index in [2.05, 4.69) is 56.7 Å². The third kappa shape index (κ3) is 5.70. The van der Waals surface area contributed by atoms with Gasteiger partial charge in [-0.25, -0.2) is 15.0 Å². The molecule has 2 aliphatic rings. The molecule has 11 nitrogen and oxygen atoms in total. The first-order valence-corrected chi connectivity index (χ1v) is 17.4. The number of anilines is 1. The molecule has 2 fully saturated rings. The molecule has 12 heteroatoms. The molecule has 2 aromatic heterocycles. The van der Waals surface area contributed by atoms with Gasteiger partial charge in [-0.1, -0.05) is 72.8 Å². The first-order chi connectivity index (χ1) is 25.0. The van der Waals surface area contributed by atoms with Crippen LogP contribution in [0.25, 0.3) is 11.2 Å². The van der Waals surface area contributed by atoms with Gasteiger partial charge in [0.2, 0.25) is 0 Å². The number of fused-ring (bicyclic) bond motifs is 3. The van der Waals surface area contributed by atoms with E-state index in [9.17, 15) is 9.90 Å². The fourth-order valence-electron chi connectivity index (χ4n) is 6.94. The van der Waals surface area contributed by atoms with Crippen LogP contribution < -0.4 is 14.8 Å². The Hall–Kier alpha value is -5.27. The molecule has 0 saturated carbocycles. The molecular formula is C39H35N5O6S. The van der Waals surface area contributed by atoms with Crippen LogP contribution in [0.15, 0.2) is 122 Å². The zero-order valence-corrected chi connectivity index (χ0v) is 28.7. The number of hydrogen-bond donors (Lipinski definition) is 2. The van der Waals surface area contributed by atoms with Crippen LogP contribution in [-0.2, 0) is 14.2 Å². The Labute approximate surface area is 298 Å². The van der Waals surface area contributed by atoms with Crippen molar-refractivity contribution in [3.8, 4) is 11.5 Å². The van der Waals surface area contributed by atoms with E-state index in [4.69, 9.17) is 18.9 Å². The minimum Gasteiger partial charge on any atom is -0.497 e. The molecule has 2 bridgehead atoms. The number of nitrogens with one attached hydrogen (secondary N) is 1. The molecule has 1 amide bonds. The molecule has 4 heterocycles. The summed E-state index contributed by atoms with van der Waals surface area (Å²) in [6, 6.07) is 35.3.